The van der Waals surface area contributed by atoms with Gasteiger partial charge in [-0.2, -0.15) is 0 Å². The molecule has 0 spiro atoms. The van der Waals surface area contributed by atoms with Crippen LogP contribution in [0.25, 0.3) is 0 Å². The molecule has 0 aromatic heterocycles. The van der Waals surface area contributed by atoms with E-state index in [0.29, 0.717) is 6.04 Å². The summed E-state index contributed by atoms with van der Waals surface area (Å²) in [7, 11) is 0. The minimum absolute atomic E-state index is 0. The molecule has 5 nitrogen and oxygen atoms in total. The van der Waals surface area contributed by atoms with Crippen molar-refractivity contribution >= 4 is 29.9 Å². The van der Waals surface area contributed by atoms with Gasteiger partial charge < -0.3 is 15.4 Å². The molecule has 1 fully saturated rings. The molecule has 0 saturated carbocycles. The molecule has 1 heterocycles. The summed E-state index contributed by atoms with van der Waals surface area (Å²) in [5.74, 6) is 0.923. The lowest BCUT2D eigenvalue weighted by atomic mass is 10.0. The van der Waals surface area contributed by atoms with Gasteiger partial charge in [0.05, 0.1) is 25.8 Å². The van der Waals surface area contributed by atoms with E-state index in [2.05, 4.69) is 65.8 Å². The number of rotatable bonds is 6. The van der Waals surface area contributed by atoms with Crippen LogP contribution in [0.1, 0.15) is 36.9 Å². The number of hydrogen-bond donors (Lipinski definition) is 2. The Kier molecular flexibility index (Phi) is 9.58. The summed E-state index contributed by atoms with van der Waals surface area (Å²) in [4.78, 5) is 7.43. The van der Waals surface area contributed by atoms with Gasteiger partial charge in [0.2, 0.25) is 0 Å². The molecular weight excluding hydrogens is 451 g/mol. The molecule has 0 amide bonds. The number of nitrogens with one attached hydrogen (secondary N) is 2. The van der Waals surface area contributed by atoms with Crippen molar-refractivity contribution in [1.29, 1.82) is 0 Å². The first-order valence-electron chi connectivity index (χ1n) is 9.84. The Bertz CT molecular complexity index is 603. The van der Waals surface area contributed by atoms with Crippen molar-refractivity contribution in [2.45, 2.75) is 38.8 Å². The highest BCUT2D eigenvalue weighted by Crippen LogP contribution is 2.23. The van der Waals surface area contributed by atoms with Crippen molar-refractivity contribution < 1.29 is 4.74 Å². The Balaban J connectivity index is 0.00000261. The van der Waals surface area contributed by atoms with Crippen LogP contribution in [0.4, 0.5) is 0 Å². The first-order valence-corrected chi connectivity index (χ1v) is 9.84. The number of ether oxygens (including phenoxy) is 1. The van der Waals surface area contributed by atoms with Gasteiger partial charge in [0.25, 0.3) is 0 Å². The van der Waals surface area contributed by atoms with Gasteiger partial charge >= 0.3 is 0 Å². The average Bonchev–Trinajstić information content (AvgIpc) is 3.17. The van der Waals surface area contributed by atoms with E-state index in [1.165, 1.54) is 11.1 Å². The number of aryl methyl sites for hydroxylation is 1. The van der Waals surface area contributed by atoms with Crippen molar-refractivity contribution in [3.05, 3.63) is 47.5 Å². The first kappa shape index (κ1) is 22.2. The molecule has 1 aliphatic carbocycles. The number of morpholine rings is 1. The summed E-state index contributed by atoms with van der Waals surface area (Å²) < 4.78 is 5.55. The van der Waals surface area contributed by atoms with E-state index in [1.807, 2.05) is 0 Å². The van der Waals surface area contributed by atoms with E-state index in [0.717, 1.165) is 58.2 Å². The van der Waals surface area contributed by atoms with Crippen LogP contribution in [0.5, 0.6) is 0 Å². The highest BCUT2D eigenvalue weighted by Gasteiger charge is 2.23. The first-order chi connectivity index (χ1) is 12.8. The predicted molar refractivity (Wildman–Crippen MR) is 123 cm³/mol. The van der Waals surface area contributed by atoms with E-state index in [4.69, 9.17) is 9.73 Å². The number of hydrogen-bond acceptors (Lipinski definition) is 3. The fourth-order valence-corrected chi connectivity index (χ4v) is 3.54. The lowest BCUT2D eigenvalue weighted by Gasteiger charge is -2.34. The van der Waals surface area contributed by atoms with E-state index >= 15 is 0 Å². The van der Waals surface area contributed by atoms with Crippen molar-refractivity contribution in [2.24, 2.45) is 4.99 Å². The quantitative estimate of drug-likeness (QED) is 0.282. The van der Waals surface area contributed by atoms with Crippen molar-refractivity contribution in [3.63, 3.8) is 0 Å². The normalized spacial score (nSPS) is 19.6. The van der Waals surface area contributed by atoms with Gasteiger partial charge in [0.15, 0.2) is 5.96 Å². The van der Waals surface area contributed by atoms with Gasteiger partial charge in [0, 0.05) is 25.7 Å². The zero-order valence-electron chi connectivity index (χ0n) is 16.5. The number of aliphatic imine (C=N–C) groups is 1. The molecule has 1 atom stereocenters. The zero-order valence-corrected chi connectivity index (χ0v) is 18.8. The summed E-state index contributed by atoms with van der Waals surface area (Å²) in [5, 5.41) is 6.97. The van der Waals surface area contributed by atoms with Crippen LogP contribution in [0.2, 0.25) is 0 Å². The summed E-state index contributed by atoms with van der Waals surface area (Å²) in [5.41, 5.74) is 2.63. The molecule has 1 aromatic rings. The molecule has 27 heavy (non-hydrogen) atoms. The van der Waals surface area contributed by atoms with Crippen LogP contribution in [0, 0.1) is 6.92 Å². The summed E-state index contributed by atoms with van der Waals surface area (Å²) in [6.45, 7) is 9.40. The third-order valence-corrected chi connectivity index (χ3v) is 5.06. The molecular formula is C21H33IN4O. The maximum atomic E-state index is 5.55. The fraction of sp³-hybridized carbons (Fsp3) is 0.571. The molecule has 1 unspecified atom stereocenters. The minimum atomic E-state index is 0. The molecule has 1 aliphatic heterocycles. The van der Waals surface area contributed by atoms with E-state index in [9.17, 15) is 0 Å². The van der Waals surface area contributed by atoms with Gasteiger partial charge in [-0.25, -0.2) is 0 Å². The number of benzene rings is 1. The Morgan fingerprint density at radius 3 is 2.48 bits per heavy atom. The van der Waals surface area contributed by atoms with Gasteiger partial charge in [-0.3, -0.25) is 9.89 Å². The third-order valence-electron chi connectivity index (χ3n) is 5.06. The van der Waals surface area contributed by atoms with E-state index in [1.54, 1.807) is 0 Å². The van der Waals surface area contributed by atoms with Crippen LogP contribution >= 0.6 is 24.0 Å². The van der Waals surface area contributed by atoms with Gasteiger partial charge in [-0.15, -0.1) is 24.0 Å². The predicted octanol–water partition coefficient (Wildman–Crippen LogP) is 3.26. The SMILES string of the molecule is CCNC(=NCC(c1ccc(C)cc1)N1CCOCC1)NC1CC=CC1.I. The second-order valence-corrected chi connectivity index (χ2v) is 7.08. The van der Waals surface area contributed by atoms with Gasteiger partial charge in [-0.1, -0.05) is 42.0 Å². The molecule has 6 heteroatoms. The lowest BCUT2D eigenvalue weighted by molar-refractivity contribution is 0.0179. The van der Waals surface area contributed by atoms with Crippen LogP contribution in [0.15, 0.2) is 41.4 Å². The van der Waals surface area contributed by atoms with Crippen molar-refractivity contribution in [2.75, 3.05) is 39.4 Å². The standard InChI is InChI=1S/C21H32N4O.HI/c1-3-22-21(24-19-6-4-5-7-19)23-16-20(25-12-14-26-15-13-25)18-10-8-17(2)9-11-18;/h4-5,8-11,19-20H,3,6-7,12-16H2,1-2H3,(H2,22,23,24);1H. The lowest BCUT2D eigenvalue weighted by Crippen LogP contribution is -2.44. The molecule has 1 saturated heterocycles. The summed E-state index contributed by atoms with van der Waals surface area (Å²) >= 11 is 0. The second-order valence-electron chi connectivity index (χ2n) is 7.08. The number of guanidine groups is 1. The molecule has 1 aromatic carbocycles. The average molecular weight is 484 g/mol. The third kappa shape index (κ3) is 6.76. The van der Waals surface area contributed by atoms with Crippen LogP contribution in [-0.2, 0) is 4.74 Å². The maximum Gasteiger partial charge on any atom is 0.191 e. The van der Waals surface area contributed by atoms with Crippen LogP contribution in [-0.4, -0.2) is 56.3 Å². The zero-order chi connectivity index (χ0) is 18.2. The Hall–Kier alpha value is -1.12. The Morgan fingerprint density at radius 1 is 1.19 bits per heavy atom. The van der Waals surface area contributed by atoms with E-state index < -0.39 is 0 Å². The molecule has 150 valence electrons. The fourth-order valence-electron chi connectivity index (χ4n) is 3.54. The van der Waals surface area contributed by atoms with Gasteiger partial charge in [0.1, 0.15) is 0 Å². The van der Waals surface area contributed by atoms with Crippen molar-refractivity contribution in [3.8, 4) is 0 Å². The largest absolute Gasteiger partial charge is 0.379 e. The molecule has 2 N–H and O–H groups in total. The highest BCUT2D eigenvalue weighted by atomic mass is 127. The minimum Gasteiger partial charge on any atom is -0.379 e. The van der Waals surface area contributed by atoms with Gasteiger partial charge in [-0.05, 0) is 32.3 Å². The molecule has 0 bridgehead atoms. The summed E-state index contributed by atoms with van der Waals surface area (Å²) in [6.07, 6.45) is 6.64. The van der Waals surface area contributed by atoms with Crippen molar-refractivity contribution in [1.82, 2.24) is 15.5 Å². The monoisotopic (exact) mass is 484 g/mol. The molecule has 0 radical (unpaired) electrons. The topological polar surface area (TPSA) is 48.9 Å². The Labute approximate surface area is 180 Å². The Morgan fingerprint density at radius 2 is 1.85 bits per heavy atom. The van der Waals surface area contributed by atoms with Crippen LogP contribution in [0.3, 0.4) is 0 Å². The number of halogens is 1. The number of nitrogens with zero attached hydrogens (tertiary/aromatic N) is 2. The van der Waals surface area contributed by atoms with E-state index in [-0.39, 0.29) is 30.0 Å². The molecule has 2 aliphatic rings. The maximum absolute atomic E-state index is 5.55. The molecule has 3 rings (SSSR count). The smallest absolute Gasteiger partial charge is 0.191 e. The second kappa shape index (κ2) is 11.7. The summed E-state index contributed by atoms with van der Waals surface area (Å²) in [6, 6.07) is 9.63. The highest BCUT2D eigenvalue weighted by molar-refractivity contribution is 14.0. The van der Waals surface area contributed by atoms with Crippen LogP contribution < -0.4 is 10.6 Å².